The summed E-state index contributed by atoms with van der Waals surface area (Å²) in [4.78, 5) is 4.21. The molecule has 0 fully saturated rings. The van der Waals surface area contributed by atoms with Crippen LogP contribution in [0.1, 0.15) is 35.5 Å². The van der Waals surface area contributed by atoms with Gasteiger partial charge in [-0.2, -0.15) is 5.10 Å². The Morgan fingerprint density at radius 1 is 1.39 bits per heavy atom. The summed E-state index contributed by atoms with van der Waals surface area (Å²) in [6.07, 6.45) is 3.72. The van der Waals surface area contributed by atoms with Crippen molar-refractivity contribution in [3.8, 4) is 0 Å². The molecule has 4 nitrogen and oxygen atoms in total. The number of hydrogen-bond acceptors (Lipinski definition) is 3. The Balaban J connectivity index is 2.48. The highest BCUT2D eigenvalue weighted by Gasteiger charge is 2.20. The Labute approximate surface area is 108 Å². The van der Waals surface area contributed by atoms with Gasteiger partial charge in [-0.1, -0.05) is 13.0 Å². The van der Waals surface area contributed by atoms with Crippen molar-refractivity contribution >= 4 is 0 Å². The molecule has 18 heavy (non-hydrogen) atoms. The maximum Gasteiger partial charge on any atom is 0.0647 e. The van der Waals surface area contributed by atoms with Crippen LogP contribution in [0.25, 0.3) is 0 Å². The molecule has 0 saturated heterocycles. The number of aryl methyl sites for hydroxylation is 2. The molecule has 2 heterocycles. The molecule has 0 aliphatic rings. The van der Waals surface area contributed by atoms with Crippen LogP contribution in [0.5, 0.6) is 0 Å². The first kappa shape index (κ1) is 12.8. The first-order chi connectivity index (χ1) is 8.65. The summed E-state index contributed by atoms with van der Waals surface area (Å²) in [6.45, 7) is 7.19. The highest BCUT2D eigenvalue weighted by atomic mass is 15.3. The predicted molar refractivity (Wildman–Crippen MR) is 72.4 cm³/mol. The normalized spacial score (nSPS) is 12.7. The Kier molecular flexibility index (Phi) is 3.77. The van der Waals surface area contributed by atoms with Gasteiger partial charge in [0.1, 0.15) is 0 Å². The van der Waals surface area contributed by atoms with Gasteiger partial charge >= 0.3 is 0 Å². The molecular formula is C14H20N4. The summed E-state index contributed by atoms with van der Waals surface area (Å²) in [5.74, 6) is 0. The largest absolute Gasteiger partial charge is 0.306 e. The molecule has 0 bridgehead atoms. The second kappa shape index (κ2) is 5.31. The van der Waals surface area contributed by atoms with E-state index in [0.717, 1.165) is 12.2 Å². The summed E-state index contributed by atoms with van der Waals surface area (Å²) in [7, 11) is 1.98. The van der Waals surface area contributed by atoms with E-state index in [2.05, 4.69) is 42.2 Å². The van der Waals surface area contributed by atoms with Gasteiger partial charge in [0.05, 0.1) is 11.7 Å². The molecule has 0 aliphatic heterocycles. The molecule has 0 aromatic carbocycles. The molecule has 96 valence electrons. The van der Waals surface area contributed by atoms with Crippen molar-refractivity contribution in [3.63, 3.8) is 0 Å². The number of aromatic nitrogens is 3. The number of hydrogen-bond donors (Lipinski definition) is 1. The summed E-state index contributed by atoms with van der Waals surface area (Å²) in [5, 5.41) is 8.01. The monoisotopic (exact) mass is 244 g/mol. The molecule has 2 rings (SSSR count). The lowest BCUT2D eigenvalue weighted by Gasteiger charge is -2.18. The van der Waals surface area contributed by atoms with E-state index in [0.29, 0.717) is 0 Å². The van der Waals surface area contributed by atoms with Crippen molar-refractivity contribution in [1.29, 1.82) is 0 Å². The van der Waals surface area contributed by atoms with Crippen LogP contribution in [0.2, 0.25) is 0 Å². The van der Waals surface area contributed by atoms with Crippen molar-refractivity contribution < 1.29 is 0 Å². The van der Waals surface area contributed by atoms with E-state index in [9.17, 15) is 0 Å². The third kappa shape index (κ3) is 2.29. The SMILES string of the molecule is CCNC(c1cccnc1)c1c(C)nn(C)c1C. The summed E-state index contributed by atoms with van der Waals surface area (Å²) >= 11 is 0. The van der Waals surface area contributed by atoms with Crippen LogP contribution >= 0.6 is 0 Å². The molecule has 1 N–H and O–H groups in total. The zero-order valence-corrected chi connectivity index (χ0v) is 11.4. The maximum absolute atomic E-state index is 4.50. The molecule has 4 heteroatoms. The Bertz CT molecular complexity index is 516. The minimum Gasteiger partial charge on any atom is -0.306 e. The van der Waals surface area contributed by atoms with E-state index in [1.54, 1.807) is 6.20 Å². The molecule has 1 atom stereocenters. The minimum absolute atomic E-state index is 0.164. The summed E-state index contributed by atoms with van der Waals surface area (Å²) < 4.78 is 1.94. The number of rotatable bonds is 4. The van der Waals surface area contributed by atoms with Gasteiger partial charge in [0.25, 0.3) is 0 Å². The average Bonchev–Trinajstić information content (AvgIpc) is 2.62. The van der Waals surface area contributed by atoms with Crippen molar-refractivity contribution in [2.24, 2.45) is 7.05 Å². The van der Waals surface area contributed by atoms with Gasteiger partial charge in [0, 0.05) is 30.7 Å². The second-order valence-electron chi connectivity index (χ2n) is 4.49. The lowest BCUT2D eigenvalue weighted by molar-refractivity contribution is 0.621. The standard InChI is InChI=1S/C14H20N4/c1-5-16-14(12-7-6-8-15-9-12)13-10(2)17-18(4)11(13)3/h6-9,14,16H,5H2,1-4H3. The van der Waals surface area contributed by atoms with Crippen LogP contribution in [0.4, 0.5) is 0 Å². The maximum atomic E-state index is 4.50. The van der Waals surface area contributed by atoms with Crippen molar-refractivity contribution in [3.05, 3.63) is 47.0 Å². The third-order valence-corrected chi connectivity index (χ3v) is 3.28. The second-order valence-corrected chi connectivity index (χ2v) is 4.49. The molecule has 0 saturated carbocycles. The van der Waals surface area contributed by atoms with Gasteiger partial charge in [0.2, 0.25) is 0 Å². The van der Waals surface area contributed by atoms with Gasteiger partial charge in [-0.3, -0.25) is 9.67 Å². The van der Waals surface area contributed by atoms with Crippen LogP contribution in [0.15, 0.2) is 24.5 Å². The number of nitrogens with one attached hydrogen (secondary N) is 1. The predicted octanol–water partition coefficient (Wildman–Crippen LogP) is 2.13. The van der Waals surface area contributed by atoms with Gasteiger partial charge in [-0.25, -0.2) is 0 Å². The Morgan fingerprint density at radius 2 is 2.17 bits per heavy atom. The molecule has 0 spiro atoms. The molecule has 0 aliphatic carbocycles. The van der Waals surface area contributed by atoms with Gasteiger partial charge in [-0.05, 0) is 32.0 Å². The first-order valence-electron chi connectivity index (χ1n) is 6.28. The molecular weight excluding hydrogens is 224 g/mol. The fourth-order valence-corrected chi connectivity index (χ4v) is 2.35. The topological polar surface area (TPSA) is 42.7 Å². The minimum atomic E-state index is 0.164. The molecule has 0 amide bonds. The van der Waals surface area contributed by atoms with Crippen LogP contribution in [-0.4, -0.2) is 21.3 Å². The van der Waals surface area contributed by atoms with Gasteiger partial charge in [-0.15, -0.1) is 0 Å². The van der Waals surface area contributed by atoms with Gasteiger partial charge < -0.3 is 5.32 Å². The van der Waals surface area contributed by atoms with Crippen LogP contribution in [-0.2, 0) is 7.05 Å². The Hall–Kier alpha value is -1.68. The fourth-order valence-electron chi connectivity index (χ4n) is 2.35. The van der Waals surface area contributed by atoms with Crippen LogP contribution < -0.4 is 5.32 Å². The molecule has 2 aromatic heterocycles. The zero-order chi connectivity index (χ0) is 13.1. The van der Waals surface area contributed by atoms with Crippen LogP contribution in [0.3, 0.4) is 0 Å². The molecule has 1 unspecified atom stereocenters. The lowest BCUT2D eigenvalue weighted by Crippen LogP contribution is -2.23. The number of pyridine rings is 1. The zero-order valence-electron chi connectivity index (χ0n) is 11.4. The van der Waals surface area contributed by atoms with Gasteiger partial charge in [0.15, 0.2) is 0 Å². The third-order valence-electron chi connectivity index (χ3n) is 3.28. The van der Waals surface area contributed by atoms with Crippen molar-refractivity contribution in [2.75, 3.05) is 6.54 Å². The summed E-state index contributed by atoms with van der Waals surface area (Å²) in [5.41, 5.74) is 4.71. The average molecular weight is 244 g/mol. The quantitative estimate of drug-likeness (QED) is 0.896. The van der Waals surface area contributed by atoms with Crippen molar-refractivity contribution in [1.82, 2.24) is 20.1 Å². The molecule has 0 radical (unpaired) electrons. The highest BCUT2D eigenvalue weighted by molar-refractivity contribution is 5.36. The van der Waals surface area contributed by atoms with E-state index in [-0.39, 0.29) is 6.04 Å². The number of nitrogens with zero attached hydrogens (tertiary/aromatic N) is 3. The Morgan fingerprint density at radius 3 is 2.67 bits per heavy atom. The summed E-state index contributed by atoms with van der Waals surface area (Å²) in [6, 6.07) is 4.24. The lowest BCUT2D eigenvalue weighted by atomic mass is 9.98. The highest BCUT2D eigenvalue weighted by Crippen LogP contribution is 2.26. The molecule has 2 aromatic rings. The fraction of sp³-hybridized carbons (Fsp3) is 0.429. The van der Waals surface area contributed by atoms with E-state index in [1.807, 2.05) is 24.0 Å². The first-order valence-corrected chi connectivity index (χ1v) is 6.28. The van der Waals surface area contributed by atoms with E-state index < -0.39 is 0 Å². The van der Waals surface area contributed by atoms with E-state index in [1.165, 1.54) is 16.8 Å². The van der Waals surface area contributed by atoms with E-state index >= 15 is 0 Å². The van der Waals surface area contributed by atoms with Crippen molar-refractivity contribution in [2.45, 2.75) is 26.8 Å². The van der Waals surface area contributed by atoms with E-state index in [4.69, 9.17) is 0 Å². The van der Waals surface area contributed by atoms with Crippen LogP contribution in [0, 0.1) is 13.8 Å². The smallest absolute Gasteiger partial charge is 0.0647 e.